The molecule has 0 aromatic heterocycles. The third-order valence-corrected chi connectivity index (χ3v) is 3.66. The van der Waals surface area contributed by atoms with Crippen LogP contribution in [0.5, 0.6) is 5.75 Å². The average molecular weight is 237 g/mol. The van der Waals surface area contributed by atoms with Crippen molar-refractivity contribution in [2.24, 2.45) is 5.41 Å². The Kier molecular flexibility index (Phi) is 3.38. The number of hydrogen-bond donors (Lipinski definition) is 1. The second-order valence-corrected chi connectivity index (χ2v) is 5.03. The fourth-order valence-corrected chi connectivity index (χ4v) is 2.29. The zero-order valence-electron chi connectivity index (χ0n) is 10.7. The highest BCUT2D eigenvalue weighted by Crippen LogP contribution is 2.54. The van der Waals surface area contributed by atoms with Crippen LogP contribution >= 0.6 is 0 Å². The first-order valence-electron chi connectivity index (χ1n) is 6.17. The van der Waals surface area contributed by atoms with Crippen molar-refractivity contribution in [2.45, 2.75) is 32.7 Å². The maximum Gasteiger partial charge on any atom is 0.131 e. The molecule has 1 saturated carbocycles. The van der Waals surface area contributed by atoms with E-state index in [2.05, 4.69) is 19.2 Å². The fraction of sp³-hybridized carbons (Fsp3) is 0.571. The van der Waals surface area contributed by atoms with Crippen LogP contribution in [0.1, 0.15) is 38.3 Å². The van der Waals surface area contributed by atoms with Crippen LogP contribution in [0.2, 0.25) is 0 Å². The second kappa shape index (κ2) is 4.65. The van der Waals surface area contributed by atoms with Crippen molar-refractivity contribution in [3.05, 3.63) is 29.6 Å². The summed E-state index contributed by atoms with van der Waals surface area (Å²) in [6.07, 6.45) is 2.33. The molecule has 0 saturated heterocycles. The zero-order valence-corrected chi connectivity index (χ0v) is 10.7. The molecule has 1 aromatic carbocycles. The highest BCUT2D eigenvalue weighted by Gasteiger charge is 2.45. The Labute approximate surface area is 102 Å². The molecule has 0 spiro atoms. The van der Waals surface area contributed by atoms with Gasteiger partial charge in [-0.15, -0.1) is 0 Å². The lowest BCUT2D eigenvalue weighted by atomic mass is 9.91. The standard InChI is InChI=1S/C14H20FNO/c1-4-16-13(14(2)7-8-14)11-6-5-10(17-3)9-12(11)15/h5-6,9,13,16H,4,7-8H2,1-3H3. The third-order valence-electron chi connectivity index (χ3n) is 3.66. The Balaban J connectivity index is 2.29. The molecule has 0 amide bonds. The number of rotatable bonds is 5. The molecule has 17 heavy (non-hydrogen) atoms. The minimum Gasteiger partial charge on any atom is -0.497 e. The van der Waals surface area contributed by atoms with Crippen LogP contribution in [0.3, 0.4) is 0 Å². The molecule has 3 heteroatoms. The van der Waals surface area contributed by atoms with Gasteiger partial charge in [0.2, 0.25) is 0 Å². The molecule has 1 aliphatic rings. The van der Waals surface area contributed by atoms with E-state index in [1.54, 1.807) is 7.11 Å². The zero-order chi connectivity index (χ0) is 12.5. The molecule has 1 fully saturated rings. The molecule has 1 atom stereocenters. The minimum atomic E-state index is -0.177. The number of halogens is 1. The monoisotopic (exact) mass is 237 g/mol. The summed E-state index contributed by atoms with van der Waals surface area (Å²) in [7, 11) is 1.55. The highest BCUT2D eigenvalue weighted by molar-refractivity contribution is 5.32. The molecule has 0 radical (unpaired) electrons. The molecule has 1 aromatic rings. The van der Waals surface area contributed by atoms with Gasteiger partial charge < -0.3 is 10.1 Å². The van der Waals surface area contributed by atoms with Crippen molar-refractivity contribution < 1.29 is 9.13 Å². The predicted octanol–water partition coefficient (Wildman–Crippen LogP) is 3.29. The number of nitrogens with one attached hydrogen (secondary N) is 1. The van der Waals surface area contributed by atoms with Crippen LogP contribution in [0, 0.1) is 11.2 Å². The maximum absolute atomic E-state index is 14.0. The predicted molar refractivity (Wildman–Crippen MR) is 66.7 cm³/mol. The van der Waals surface area contributed by atoms with Crippen molar-refractivity contribution in [1.29, 1.82) is 0 Å². The van der Waals surface area contributed by atoms with Crippen LogP contribution in [0.4, 0.5) is 4.39 Å². The molecule has 0 aliphatic heterocycles. The minimum absolute atomic E-state index is 0.110. The summed E-state index contributed by atoms with van der Waals surface area (Å²) in [6, 6.07) is 5.24. The average Bonchev–Trinajstić information content (AvgIpc) is 3.06. The van der Waals surface area contributed by atoms with E-state index in [1.807, 2.05) is 12.1 Å². The summed E-state index contributed by atoms with van der Waals surface area (Å²) in [6.45, 7) is 5.12. The van der Waals surface area contributed by atoms with E-state index in [0.29, 0.717) is 5.75 Å². The number of hydrogen-bond acceptors (Lipinski definition) is 2. The number of benzene rings is 1. The first-order valence-corrected chi connectivity index (χ1v) is 6.17. The van der Waals surface area contributed by atoms with Gasteiger partial charge in [0.15, 0.2) is 0 Å². The molecule has 0 heterocycles. The normalized spacial score (nSPS) is 18.8. The first-order chi connectivity index (χ1) is 8.10. The molecule has 1 aliphatic carbocycles. The summed E-state index contributed by atoms with van der Waals surface area (Å²) in [5, 5.41) is 3.40. The maximum atomic E-state index is 14.0. The van der Waals surface area contributed by atoms with E-state index in [-0.39, 0.29) is 17.3 Å². The van der Waals surface area contributed by atoms with Crippen LogP contribution in [0.25, 0.3) is 0 Å². The summed E-state index contributed by atoms with van der Waals surface area (Å²) in [4.78, 5) is 0. The van der Waals surface area contributed by atoms with Gasteiger partial charge in [-0.05, 0) is 30.9 Å². The molecule has 94 valence electrons. The molecule has 1 N–H and O–H groups in total. The van der Waals surface area contributed by atoms with Crippen LogP contribution in [-0.4, -0.2) is 13.7 Å². The smallest absolute Gasteiger partial charge is 0.131 e. The van der Waals surface area contributed by atoms with Gasteiger partial charge in [-0.2, -0.15) is 0 Å². The molecule has 2 nitrogen and oxygen atoms in total. The Bertz CT molecular complexity index is 401. The van der Waals surface area contributed by atoms with Crippen LogP contribution in [-0.2, 0) is 0 Å². The van der Waals surface area contributed by atoms with E-state index in [0.717, 1.165) is 24.9 Å². The Morgan fingerprint density at radius 3 is 2.65 bits per heavy atom. The SMILES string of the molecule is CCNC(c1ccc(OC)cc1F)C1(C)CC1. The Morgan fingerprint density at radius 2 is 2.18 bits per heavy atom. The van der Waals surface area contributed by atoms with Crippen molar-refractivity contribution >= 4 is 0 Å². The summed E-state index contributed by atoms with van der Waals surface area (Å²) >= 11 is 0. The number of ether oxygens (including phenoxy) is 1. The molecule has 1 unspecified atom stereocenters. The Morgan fingerprint density at radius 1 is 1.47 bits per heavy atom. The van der Waals surface area contributed by atoms with E-state index >= 15 is 0 Å². The van der Waals surface area contributed by atoms with Gasteiger partial charge in [0, 0.05) is 17.7 Å². The second-order valence-electron chi connectivity index (χ2n) is 5.03. The van der Waals surface area contributed by atoms with Crippen molar-refractivity contribution in [3.8, 4) is 5.75 Å². The van der Waals surface area contributed by atoms with Crippen LogP contribution in [0.15, 0.2) is 18.2 Å². The lowest BCUT2D eigenvalue weighted by Crippen LogP contribution is -2.28. The van der Waals surface area contributed by atoms with E-state index in [4.69, 9.17) is 4.74 Å². The first kappa shape index (κ1) is 12.4. The van der Waals surface area contributed by atoms with Gasteiger partial charge in [0.1, 0.15) is 11.6 Å². The molecular weight excluding hydrogens is 217 g/mol. The Hall–Kier alpha value is -1.09. The van der Waals surface area contributed by atoms with Crippen LogP contribution < -0.4 is 10.1 Å². The largest absolute Gasteiger partial charge is 0.497 e. The molecule has 2 rings (SSSR count). The lowest BCUT2D eigenvalue weighted by molar-refractivity contribution is 0.358. The molecule has 0 bridgehead atoms. The van der Waals surface area contributed by atoms with E-state index in [9.17, 15) is 4.39 Å². The summed E-state index contributed by atoms with van der Waals surface area (Å²) < 4.78 is 19.1. The third kappa shape index (κ3) is 2.44. The summed E-state index contributed by atoms with van der Waals surface area (Å²) in [5.41, 5.74) is 0.971. The van der Waals surface area contributed by atoms with Crippen molar-refractivity contribution in [1.82, 2.24) is 5.32 Å². The van der Waals surface area contributed by atoms with Gasteiger partial charge in [0.05, 0.1) is 7.11 Å². The molecular formula is C14H20FNO. The highest BCUT2D eigenvalue weighted by atomic mass is 19.1. The van der Waals surface area contributed by atoms with Gasteiger partial charge in [-0.25, -0.2) is 4.39 Å². The number of methoxy groups -OCH3 is 1. The summed E-state index contributed by atoms with van der Waals surface area (Å²) in [5.74, 6) is 0.394. The van der Waals surface area contributed by atoms with E-state index in [1.165, 1.54) is 6.07 Å². The van der Waals surface area contributed by atoms with Crippen molar-refractivity contribution in [2.75, 3.05) is 13.7 Å². The van der Waals surface area contributed by atoms with E-state index < -0.39 is 0 Å². The van der Waals surface area contributed by atoms with Crippen molar-refractivity contribution in [3.63, 3.8) is 0 Å². The topological polar surface area (TPSA) is 21.3 Å². The lowest BCUT2D eigenvalue weighted by Gasteiger charge is -2.25. The quantitative estimate of drug-likeness (QED) is 0.848. The van der Waals surface area contributed by atoms with Gasteiger partial charge in [0.25, 0.3) is 0 Å². The fourth-order valence-electron chi connectivity index (χ4n) is 2.29. The van der Waals surface area contributed by atoms with Gasteiger partial charge >= 0.3 is 0 Å². The van der Waals surface area contributed by atoms with Gasteiger partial charge in [-0.3, -0.25) is 0 Å². The van der Waals surface area contributed by atoms with Gasteiger partial charge in [-0.1, -0.05) is 19.9 Å².